The first-order valence-corrected chi connectivity index (χ1v) is 4.67. The molecule has 0 atom stereocenters. The van der Waals surface area contributed by atoms with Crippen LogP contribution in [0.2, 0.25) is 0 Å². The maximum Gasteiger partial charge on any atom is 0.511 e. The molecule has 0 saturated heterocycles. The summed E-state index contributed by atoms with van der Waals surface area (Å²) in [6, 6.07) is 6.43. The number of hydrogen-bond acceptors (Lipinski definition) is 5. The highest BCUT2D eigenvalue weighted by atomic mass is 16.7. The minimum Gasteiger partial charge on any atom is -0.508 e. The lowest BCUT2D eigenvalue weighted by atomic mass is 10.2. The Bertz CT molecular complexity index is 539. The minimum atomic E-state index is -1.42. The molecule has 0 aliphatic carbocycles. The largest absolute Gasteiger partial charge is 0.511 e. The lowest BCUT2D eigenvalue weighted by Crippen LogP contribution is -2.03. The fourth-order valence-corrected chi connectivity index (χ4v) is 1.26. The van der Waals surface area contributed by atoms with Crippen molar-refractivity contribution in [3.63, 3.8) is 0 Å². The van der Waals surface area contributed by atoms with E-state index in [0.29, 0.717) is 11.4 Å². The Labute approximate surface area is 96.2 Å². The number of hydrogen-bond donors (Lipinski definition) is 2. The van der Waals surface area contributed by atoms with Crippen molar-refractivity contribution in [2.24, 2.45) is 0 Å². The van der Waals surface area contributed by atoms with E-state index in [1.807, 2.05) is 0 Å². The number of phenols is 1. The van der Waals surface area contributed by atoms with E-state index in [9.17, 15) is 9.90 Å². The molecule has 1 aromatic heterocycles. The maximum absolute atomic E-state index is 10.3. The monoisotopic (exact) mass is 232 g/mol. The highest BCUT2D eigenvalue weighted by molar-refractivity contribution is 5.61. The first-order valence-electron chi connectivity index (χ1n) is 4.67. The molecule has 2 rings (SSSR count). The Balaban J connectivity index is 2.26. The zero-order chi connectivity index (χ0) is 12.3. The molecule has 0 aliphatic heterocycles. The lowest BCUT2D eigenvalue weighted by molar-refractivity contribution is 0.144. The number of rotatable bonds is 2. The Kier molecular flexibility index (Phi) is 2.87. The smallest absolute Gasteiger partial charge is 0.508 e. The lowest BCUT2D eigenvalue weighted by Gasteiger charge is -2.02. The van der Waals surface area contributed by atoms with Gasteiger partial charge in [0.25, 0.3) is 0 Å². The Morgan fingerprint density at radius 1 is 1.24 bits per heavy atom. The SMILES string of the molecule is O=C(O)Oc1cnc(-c2cccc(O)c2)nc1. The van der Waals surface area contributed by atoms with Gasteiger partial charge < -0.3 is 14.9 Å². The molecule has 1 heterocycles. The van der Waals surface area contributed by atoms with Crippen molar-refractivity contribution in [3.8, 4) is 22.9 Å². The van der Waals surface area contributed by atoms with Crippen LogP contribution in [0.25, 0.3) is 11.4 Å². The van der Waals surface area contributed by atoms with Gasteiger partial charge in [-0.25, -0.2) is 14.8 Å². The topological polar surface area (TPSA) is 92.5 Å². The zero-order valence-corrected chi connectivity index (χ0v) is 8.57. The molecule has 2 aromatic rings. The zero-order valence-electron chi connectivity index (χ0n) is 8.57. The number of carbonyl (C=O) groups is 1. The molecule has 17 heavy (non-hydrogen) atoms. The molecular weight excluding hydrogens is 224 g/mol. The summed E-state index contributed by atoms with van der Waals surface area (Å²) in [6.45, 7) is 0. The number of nitrogens with zero attached hydrogens (tertiary/aromatic N) is 2. The van der Waals surface area contributed by atoms with Crippen LogP contribution in [0.1, 0.15) is 0 Å². The molecule has 1 aromatic carbocycles. The second-order valence-corrected chi connectivity index (χ2v) is 3.16. The molecule has 6 nitrogen and oxygen atoms in total. The van der Waals surface area contributed by atoms with Crippen LogP contribution in [0.3, 0.4) is 0 Å². The van der Waals surface area contributed by atoms with E-state index in [4.69, 9.17) is 5.11 Å². The highest BCUT2D eigenvalue weighted by Gasteiger charge is 2.05. The first-order chi connectivity index (χ1) is 8.15. The van der Waals surface area contributed by atoms with Gasteiger partial charge in [-0.05, 0) is 12.1 Å². The van der Waals surface area contributed by atoms with Gasteiger partial charge in [0.1, 0.15) is 5.75 Å². The van der Waals surface area contributed by atoms with E-state index in [1.165, 1.54) is 24.5 Å². The number of phenolic OH excluding ortho intramolecular Hbond substituents is 1. The van der Waals surface area contributed by atoms with Gasteiger partial charge in [-0.2, -0.15) is 0 Å². The predicted molar refractivity (Wildman–Crippen MR) is 57.8 cm³/mol. The van der Waals surface area contributed by atoms with E-state index in [0.717, 1.165) is 0 Å². The summed E-state index contributed by atoms with van der Waals surface area (Å²) in [7, 11) is 0. The third-order valence-electron chi connectivity index (χ3n) is 1.94. The predicted octanol–water partition coefficient (Wildman–Crippen LogP) is 1.91. The van der Waals surface area contributed by atoms with Crippen LogP contribution in [0.4, 0.5) is 4.79 Å². The van der Waals surface area contributed by atoms with Crippen LogP contribution in [-0.2, 0) is 0 Å². The van der Waals surface area contributed by atoms with Crippen molar-refractivity contribution in [2.45, 2.75) is 0 Å². The van der Waals surface area contributed by atoms with Crippen LogP contribution < -0.4 is 4.74 Å². The maximum atomic E-state index is 10.3. The van der Waals surface area contributed by atoms with Gasteiger partial charge in [-0.15, -0.1) is 0 Å². The van der Waals surface area contributed by atoms with Crippen molar-refractivity contribution in [1.29, 1.82) is 0 Å². The normalized spacial score (nSPS) is 9.88. The van der Waals surface area contributed by atoms with Gasteiger partial charge in [0, 0.05) is 5.56 Å². The summed E-state index contributed by atoms with van der Waals surface area (Å²) < 4.78 is 4.37. The first kappa shape index (κ1) is 10.9. The molecule has 0 saturated carbocycles. The van der Waals surface area contributed by atoms with E-state index >= 15 is 0 Å². The van der Waals surface area contributed by atoms with Crippen LogP contribution in [0.15, 0.2) is 36.7 Å². The molecule has 0 aliphatic rings. The third kappa shape index (κ3) is 2.69. The Hall–Kier alpha value is -2.63. The number of ether oxygens (including phenoxy) is 1. The fraction of sp³-hybridized carbons (Fsp3) is 0. The summed E-state index contributed by atoms with van der Waals surface area (Å²) >= 11 is 0. The van der Waals surface area contributed by atoms with Crippen molar-refractivity contribution < 1.29 is 19.7 Å². The second kappa shape index (κ2) is 4.48. The fourth-order valence-electron chi connectivity index (χ4n) is 1.26. The van der Waals surface area contributed by atoms with E-state index in [-0.39, 0.29) is 11.5 Å². The molecule has 0 radical (unpaired) electrons. The summed E-state index contributed by atoms with van der Waals surface area (Å²) in [5, 5.41) is 17.7. The molecule has 0 fully saturated rings. The van der Waals surface area contributed by atoms with Crippen molar-refractivity contribution in [1.82, 2.24) is 9.97 Å². The summed E-state index contributed by atoms with van der Waals surface area (Å²) in [6.07, 6.45) is 1.08. The number of carboxylic acid groups (broad SMARTS) is 1. The number of aromatic hydroxyl groups is 1. The van der Waals surface area contributed by atoms with Crippen molar-refractivity contribution in [2.75, 3.05) is 0 Å². The van der Waals surface area contributed by atoms with Crippen LogP contribution in [0, 0.1) is 0 Å². The van der Waals surface area contributed by atoms with Gasteiger partial charge in [0.2, 0.25) is 0 Å². The average Bonchev–Trinajstić information content (AvgIpc) is 2.29. The van der Waals surface area contributed by atoms with Crippen molar-refractivity contribution in [3.05, 3.63) is 36.7 Å². The number of aromatic nitrogens is 2. The molecule has 0 amide bonds. The van der Waals surface area contributed by atoms with Gasteiger partial charge in [-0.1, -0.05) is 12.1 Å². The molecule has 0 bridgehead atoms. The van der Waals surface area contributed by atoms with Gasteiger partial charge in [0.05, 0.1) is 12.4 Å². The Morgan fingerprint density at radius 2 is 1.94 bits per heavy atom. The Morgan fingerprint density at radius 3 is 2.53 bits per heavy atom. The molecule has 2 N–H and O–H groups in total. The minimum absolute atomic E-state index is 0.0430. The third-order valence-corrected chi connectivity index (χ3v) is 1.94. The second-order valence-electron chi connectivity index (χ2n) is 3.16. The molecular formula is C11H8N2O4. The van der Waals surface area contributed by atoms with Crippen LogP contribution in [0.5, 0.6) is 11.5 Å². The highest BCUT2D eigenvalue weighted by Crippen LogP contribution is 2.20. The quantitative estimate of drug-likeness (QED) is 0.768. The van der Waals surface area contributed by atoms with E-state index in [2.05, 4.69) is 14.7 Å². The molecule has 0 spiro atoms. The average molecular weight is 232 g/mol. The van der Waals surface area contributed by atoms with Gasteiger partial charge in [-0.3, -0.25) is 0 Å². The molecule has 86 valence electrons. The van der Waals surface area contributed by atoms with Crippen molar-refractivity contribution >= 4 is 6.16 Å². The summed E-state index contributed by atoms with van der Waals surface area (Å²) in [5.74, 6) is 0.525. The summed E-state index contributed by atoms with van der Waals surface area (Å²) in [5.41, 5.74) is 0.631. The van der Waals surface area contributed by atoms with Gasteiger partial charge >= 0.3 is 6.16 Å². The summed E-state index contributed by atoms with van der Waals surface area (Å²) in [4.78, 5) is 18.1. The molecule has 0 unspecified atom stereocenters. The standard InChI is InChI=1S/C11H8N2O4/c14-8-3-1-2-7(4-8)10-12-5-9(6-13-10)17-11(15)16/h1-6,14H,(H,15,16). The van der Waals surface area contributed by atoms with Gasteiger partial charge in [0.15, 0.2) is 11.6 Å². The van der Waals surface area contributed by atoms with Crippen LogP contribution in [-0.4, -0.2) is 26.3 Å². The van der Waals surface area contributed by atoms with Crippen LogP contribution >= 0.6 is 0 Å². The van der Waals surface area contributed by atoms with E-state index < -0.39 is 6.16 Å². The number of benzene rings is 1. The molecule has 6 heteroatoms. The van der Waals surface area contributed by atoms with E-state index in [1.54, 1.807) is 12.1 Å².